The lowest BCUT2D eigenvalue weighted by Crippen LogP contribution is -2.37. The van der Waals surface area contributed by atoms with Crippen LogP contribution in [0.2, 0.25) is 0 Å². The second-order valence-electron chi connectivity index (χ2n) is 8.73. The quantitative estimate of drug-likeness (QED) is 0.240. The van der Waals surface area contributed by atoms with E-state index < -0.39 is 53.1 Å². The van der Waals surface area contributed by atoms with E-state index in [9.17, 15) is 34.4 Å². The molecule has 1 atom stereocenters. The van der Waals surface area contributed by atoms with Crippen LogP contribution in [0, 0.1) is 11.2 Å². The van der Waals surface area contributed by atoms with Gasteiger partial charge in [0, 0.05) is 29.8 Å². The molecule has 0 saturated carbocycles. The van der Waals surface area contributed by atoms with Crippen LogP contribution in [0.5, 0.6) is 11.5 Å². The van der Waals surface area contributed by atoms with Crippen LogP contribution in [-0.2, 0) is 20.0 Å². The molecule has 200 valence electrons. The number of methoxy groups -OCH3 is 1. The highest BCUT2D eigenvalue weighted by atomic mass is 32.2. The Morgan fingerprint density at radius 2 is 1.72 bits per heavy atom. The van der Waals surface area contributed by atoms with Crippen LogP contribution in [-0.4, -0.2) is 41.8 Å². The molecule has 3 rings (SSSR count). The summed E-state index contributed by atoms with van der Waals surface area (Å²) in [5, 5.41) is 0. The van der Waals surface area contributed by atoms with Crippen molar-refractivity contribution in [3.05, 3.63) is 42.2 Å². The van der Waals surface area contributed by atoms with Gasteiger partial charge in [-0.3, -0.25) is 0 Å². The van der Waals surface area contributed by atoms with Crippen molar-refractivity contribution in [2.75, 3.05) is 24.3 Å². The number of hydrogen-bond donors (Lipinski definition) is 0. The van der Waals surface area contributed by atoms with Gasteiger partial charge in [0.2, 0.25) is 0 Å². The van der Waals surface area contributed by atoms with Crippen LogP contribution in [0.4, 0.5) is 28.9 Å². The van der Waals surface area contributed by atoms with E-state index in [1.165, 1.54) is 24.3 Å². The van der Waals surface area contributed by atoms with Crippen molar-refractivity contribution >= 4 is 31.3 Å². The number of hydrogen-bond acceptors (Lipinski definition) is 7. The summed E-state index contributed by atoms with van der Waals surface area (Å²) in [6.45, 7) is 4.04. The maximum absolute atomic E-state index is 13.7. The average Bonchev–Trinajstić information content (AvgIpc) is 2.89. The van der Waals surface area contributed by atoms with Crippen LogP contribution in [0.15, 0.2) is 41.3 Å². The summed E-state index contributed by atoms with van der Waals surface area (Å²) in [4.78, 5) is 1.23. The van der Waals surface area contributed by atoms with Gasteiger partial charge in [0.05, 0.1) is 23.4 Å². The molecule has 0 N–H and O–H groups in total. The minimum absolute atomic E-state index is 0.0574. The van der Waals surface area contributed by atoms with E-state index in [2.05, 4.69) is 4.18 Å². The maximum atomic E-state index is 13.7. The third kappa shape index (κ3) is 5.56. The van der Waals surface area contributed by atoms with Crippen LogP contribution < -0.4 is 13.8 Å². The van der Waals surface area contributed by atoms with Crippen LogP contribution in [0.1, 0.15) is 39.5 Å². The Balaban J connectivity index is 2.29. The predicted octanol–water partition coefficient (Wildman–Crippen LogP) is 5.57. The molecule has 0 aliphatic carbocycles. The Morgan fingerprint density at radius 3 is 2.25 bits per heavy atom. The molecule has 0 saturated heterocycles. The molecule has 0 radical (unpaired) electrons. The fourth-order valence-corrected chi connectivity index (χ4v) is 6.91. The van der Waals surface area contributed by atoms with Crippen LogP contribution >= 0.6 is 0 Å². The zero-order chi connectivity index (χ0) is 26.9. The van der Waals surface area contributed by atoms with E-state index >= 15 is 0 Å². The number of nitrogens with zero attached hydrogens (tertiary/aromatic N) is 1. The molecular formula is C23H27F4NO6S2. The van der Waals surface area contributed by atoms with Crippen LogP contribution in [0.25, 0.3) is 0 Å². The van der Waals surface area contributed by atoms with E-state index in [1.54, 1.807) is 4.90 Å². The van der Waals surface area contributed by atoms with E-state index in [4.69, 9.17) is 4.74 Å². The fourth-order valence-electron chi connectivity index (χ4n) is 4.27. The topological polar surface area (TPSA) is 90.0 Å². The maximum Gasteiger partial charge on any atom is 0.534 e. The Kier molecular flexibility index (Phi) is 7.85. The summed E-state index contributed by atoms with van der Waals surface area (Å²) in [6, 6.07) is 7.21. The SMILES string of the molecule is CCCCC1(CC)CN(c2ccc(F)cc2)c2cc(OC)c(OS(=O)(=O)C(F)(F)F)cc2S(=O)(=O)C1. The van der Waals surface area contributed by atoms with Crippen molar-refractivity contribution in [3.8, 4) is 11.5 Å². The highest BCUT2D eigenvalue weighted by molar-refractivity contribution is 7.91. The first kappa shape index (κ1) is 28.0. The van der Waals surface area contributed by atoms with Gasteiger partial charge in [0.25, 0.3) is 0 Å². The number of ether oxygens (including phenoxy) is 1. The standard InChI is InChI=1S/C23H27F4NO6S2/c1-4-6-11-22(5-2)14-28(17-9-7-16(24)8-10-17)18-12-19(33-3)20(13-21(18)35(29,30)15-22)34-36(31,32)23(25,26)27/h7-10,12-13H,4-6,11,14-15H2,1-3H3. The van der Waals surface area contributed by atoms with Crippen molar-refractivity contribution in [2.24, 2.45) is 5.41 Å². The Bertz CT molecular complexity index is 1310. The minimum atomic E-state index is -6.10. The number of sulfone groups is 1. The van der Waals surface area contributed by atoms with Gasteiger partial charge in [-0.1, -0.05) is 26.7 Å². The number of fused-ring (bicyclic) bond motifs is 1. The molecule has 1 aliphatic heterocycles. The zero-order valence-electron chi connectivity index (χ0n) is 19.9. The molecular weight excluding hydrogens is 526 g/mol. The highest BCUT2D eigenvalue weighted by Crippen LogP contribution is 2.48. The summed E-state index contributed by atoms with van der Waals surface area (Å²) < 4.78 is 113. The number of halogens is 4. The third-order valence-corrected chi connectivity index (χ3v) is 9.25. The highest BCUT2D eigenvalue weighted by Gasteiger charge is 2.49. The fraction of sp³-hybridized carbons (Fsp3) is 0.478. The van der Waals surface area contributed by atoms with Gasteiger partial charge in [-0.15, -0.1) is 0 Å². The first-order valence-electron chi connectivity index (χ1n) is 11.2. The summed E-state index contributed by atoms with van der Waals surface area (Å²) in [5.74, 6) is -2.15. The van der Waals surface area contributed by atoms with E-state index in [0.29, 0.717) is 18.5 Å². The summed E-state index contributed by atoms with van der Waals surface area (Å²) in [6.07, 6.45) is 2.57. The molecule has 0 amide bonds. The van der Waals surface area contributed by atoms with Gasteiger partial charge < -0.3 is 13.8 Å². The first-order chi connectivity index (χ1) is 16.7. The van der Waals surface area contributed by atoms with Gasteiger partial charge in [0.1, 0.15) is 5.82 Å². The zero-order valence-corrected chi connectivity index (χ0v) is 21.6. The molecule has 2 aromatic rings. The van der Waals surface area contributed by atoms with Gasteiger partial charge in [-0.2, -0.15) is 21.6 Å². The van der Waals surface area contributed by atoms with Gasteiger partial charge in [-0.25, -0.2) is 12.8 Å². The summed E-state index contributed by atoms with van der Waals surface area (Å²) >= 11 is 0. The van der Waals surface area contributed by atoms with Crippen molar-refractivity contribution in [2.45, 2.75) is 49.9 Å². The number of unbranched alkanes of at least 4 members (excludes halogenated alkanes) is 1. The molecule has 7 nitrogen and oxygen atoms in total. The molecule has 0 spiro atoms. The molecule has 1 heterocycles. The summed E-state index contributed by atoms with van der Waals surface area (Å²) in [5.41, 5.74) is -5.97. The predicted molar refractivity (Wildman–Crippen MR) is 126 cm³/mol. The van der Waals surface area contributed by atoms with E-state index in [0.717, 1.165) is 32.1 Å². The Morgan fingerprint density at radius 1 is 1.08 bits per heavy atom. The molecule has 0 bridgehead atoms. The number of anilines is 2. The van der Waals surface area contributed by atoms with Crippen molar-refractivity contribution in [1.82, 2.24) is 0 Å². The molecule has 0 aromatic heterocycles. The molecule has 0 fully saturated rings. The minimum Gasteiger partial charge on any atom is -0.493 e. The smallest absolute Gasteiger partial charge is 0.493 e. The molecule has 2 aromatic carbocycles. The van der Waals surface area contributed by atoms with Crippen LogP contribution in [0.3, 0.4) is 0 Å². The van der Waals surface area contributed by atoms with Gasteiger partial charge >= 0.3 is 15.6 Å². The lowest BCUT2D eigenvalue weighted by Gasteiger charge is -2.36. The Hall–Kier alpha value is -2.54. The third-order valence-electron chi connectivity index (χ3n) is 6.29. The van der Waals surface area contributed by atoms with E-state index in [-0.39, 0.29) is 18.0 Å². The monoisotopic (exact) mass is 553 g/mol. The molecule has 13 heteroatoms. The summed E-state index contributed by atoms with van der Waals surface area (Å²) in [7, 11) is -9.16. The van der Waals surface area contributed by atoms with Crippen molar-refractivity contribution < 1.29 is 43.3 Å². The van der Waals surface area contributed by atoms with Gasteiger partial charge in [0.15, 0.2) is 21.3 Å². The van der Waals surface area contributed by atoms with Gasteiger partial charge in [-0.05, 0) is 37.1 Å². The largest absolute Gasteiger partial charge is 0.534 e. The molecule has 1 unspecified atom stereocenters. The lowest BCUT2D eigenvalue weighted by molar-refractivity contribution is -0.0500. The number of alkyl halides is 3. The second kappa shape index (κ2) is 10.1. The molecule has 1 aliphatic rings. The number of rotatable bonds is 8. The normalized spacial score (nSPS) is 19.9. The number of benzene rings is 2. The second-order valence-corrected chi connectivity index (χ2v) is 12.2. The van der Waals surface area contributed by atoms with E-state index in [1.807, 2.05) is 13.8 Å². The average molecular weight is 554 g/mol. The molecule has 36 heavy (non-hydrogen) atoms. The lowest BCUT2D eigenvalue weighted by atomic mass is 9.81. The first-order valence-corrected chi connectivity index (χ1v) is 14.2. The van der Waals surface area contributed by atoms with Crippen molar-refractivity contribution in [3.63, 3.8) is 0 Å². The Labute approximate surface area is 208 Å². The van der Waals surface area contributed by atoms with Crippen molar-refractivity contribution in [1.29, 1.82) is 0 Å².